The van der Waals surface area contributed by atoms with E-state index in [1.807, 2.05) is 49.4 Å². The molecule has 3 aromatic carbocycles. The summed E-state index contributed by atoms with van der Waals surface area (Å²) in [6.07, 6.45) is 0. The van der Waals surface area contributed by atoms with E-state index >= 15 is 0 Å². The molecule has 4 aromatic rings. The van der Waals surface area contributed by atoms with Gasteiger partial charge in [-0.3, -0.25) is 4.79 Å². The molecule has 1 aromatic heterocycles. The van der Waals surface area contributed by atoms with Crippen molar-refractivity contribution in [2.24, 2.45) is 0 Å². The van der Waals surface area contributed by atoms with Crippen molar-refractivity contribution >= 4 is 16.8 Å². The highest BCUT2D eigenvalue weighted by Crippen LogP contribution is 2.33. The summed E-state index contributed by atoms with van der Waals surface area (Å²) in [5.41, 5.74) is 5.01. The van der Waals surface area contributed by atoms with Crippen LogP contribution in [0, 0.1) is 0 Å². The largest absolute Gasteiger partial charge is 0.493 e. The molecule has 0 radical (unpaired) electrons. The van der Waals surface area contributed by atoms with Gasteiger partial charge in [0.05, 0.1) is 12.1 Å². The summed E-state index contributed by atoms with van der Waals surface area (Å²) in [7, 11) is 0. The number of rotatable bonds is 7. The van der Waals surface area contributed by atoms with Gasteiger partial charge in [-0.1, -0.05) is 57.2 Å². The van der Waals surface area contributed by atoms with Crippen molar-refractivity contribution in [2.45, 2.75) is 46.2 Å². The summed E-state index contributed by atoms with van der Waals surface area (Å²) in [4.78, 5) is 13.5. The fraction of sp³-hybridized carbons (Fsp3) is 0.300. The molecule has 2 heterocycles. The van der Waals surface area contributed by atoms with Gasteiger partial charge in [0.25, 0.3) is 5.91 Å². The van der Waals surface area contributed by atoms with Crippen LogP contribution in [-0.2, 0) is 18.5 Å². The van der Waals surface area contributed by atoms with E-state index in [1.165, 1.54) is 5.56 Å². The number of fused-ring (bicyclic) bond motifs is 2. The van der Waals surface area contributed by atoms with E-state index in [4.69, 9.17) is 14.2 Å². The topological polar surface area (TPSA) is 61.7 Å². The second-order valence-electron chi connectivity index (χ2n) is 10.1. The predicted octanol–water partition coefficient (Wildman–Crippen LogP) is 6.04. The third-order valence-corrected chi connectivity index (χ3v) is 6.49. The predicted molar refractivity (Wildman–Crippen MR) is 141 cm³/mol. The lowest BCUT2D eigenvalue weighted by Gasteiger charge is -2.19. The summed E-state index contributed by atoms with van der Waals surface area (Å²) in [6.45, 7) is 10.3. The molecule has 6 nitrogen and oxygen atoms in total. The van der Waals surface area contributed by atoms with Crippen molar-refractivity contribution in [2.75, 3.05) is 13.4 Å². The van der Waals surface area contributed by atoms with Crippen molar-refractivity contribution in [1.29, 1.82) is 0 Å². The van der Waals surface area contributed by atoms with Crippen LogP contribution >= 0.6 is 0 Å². The van der Waals surface area contributed by atoms with Crippen LogP contribution in [0.2, 0.25) is 0 Å². The Kier molecular flexibility index (Phi) is 6.35. The summed E-state index contributed by atoms with van der Waals surface area (Å²) >= 11 is 0. The summed E-state index contributed by atoms with van der Waals surface area (Å²) in [5, 5.41) is 4.01. The quantitative estimate of drug-likeness (QED) is 0.347. The second kappa shape index (κ2) is 9.61. The normalized spacial score (nSPS) is 12.7. The molecule has 0 saturated carbocycles. The third kappa shape index (κ3) is 4.76. The van der Waals surface area contributed by atoms with Gasteiger partial charge >= 0.3 is 0 Å². The Labute approximate surface area is 211 Å². The number of nitrogens with one attached hydrogen (secondary N) is 1. The van der Waals surface area contributed by atoms with Crippen molar-refractivity contribution in [3.8, 4) is 17.2 Å². The van der Waals surface area contributed by atoms with E-state index in [1.54, 1.807) is 0 Å². The van der Waals surface area contributed by atoms with Gasteiger partial charge in [0.1, 0.15) is 11.4 Å². The zero-order chi connectivity index (χ0) is 25.3. The number of carbonyl (C=O) groups is 1. The fourth-order valence-corrected chi connectivity index (χ4v) is 4.51. The maximum absolute atomic E-state index is 13.5. The molecule has 186 valence electrons. The number of amides is 1. The molecule has 1 amide bonds. The van der Waals surface area contributed by atoms with Gasteiger partial charge < -0.3 is 24.1 Å². The van der Waals surface area contributed by atoms with E-state index in [2.05, 4.69) is 54.9 Å². The average molecular weight is 485 g/mol. The van der Waals surface area contributed by atoms with Crippen LogP contribution in [0.1, 0.15) is 54.9 Å². The first-order valence-electron chi connectivity index (χ1n) is 12.3. The van der Waals surface area contributed by atoms with Gasteiger partial charge in [-0.15, -0.1) is 0 Å². The highest BCUT2D eigenvalue weighted by Gasteiger charge is 2.20. The minimum Gasteiger partial charge on any atom is -0.493 e. The molecule has 6 heteroatoms. The molecule has 0 aliphatic carbocycles. The molecule has 36 heavy (non-hydrogen) atoms. The van der Waals surface area contributed by atoms with E-state index in [0.717, 1.165) is 33.5 Å². The molecule has 0 fully saturated rings. The van der Waals surface area contributed by atoms with Crippen LogP contribution in [0.15, 0.2) is 66.7 Å². The van der Waals surface area contributed by atoms with Crippen LogP contribution in [0.5, 0.6) is 17.2 Å². The molecule has 1 N–H and O–H groups in total. The minimum atomic E-state index is -0.141. The van der Waals surface area contributed by atoms with Gasteiger partial charge in [0.2, 0.25) is 6.79 Å². The molecular weight excluding hydrogens is 452 g/mol. The van der Waals surface area contributed by atoms with Crippen LogP contribution in [-0.4, -0.2) is 23.9 Å². The Balaban J connectivity index is 1.45. The Bertz CT molecular complexity index is 1400. The van der Waals surface area contributed by atoms with Crippen LogP contribution in [0.4, 0.5) is 0 Å². The van der Waals surface area contributed by atoms with E-state index < -0.39 is 0 Å². The third-order valence-electron chi connectivity index (χ3n) is 6.49. The van der Waals surface area contributed by atoms with Crippen LogP contribution in [0.3, 0.4) is 0 Å². The average Bonchev–Trinajstić information content (AvgIpc) is 3.48. The SMILES string of the molecule is CCOc1cccc2c1cc(C(=O)NCc1ccc3c(c1)OCO3)n2Cc1ccc(C(C)(C)C)cc1. The number of ether oxygens (including phenoxy) is 3. The van der Waals surface area contributed by atoms with Gasteiger partial charge in [0, 0.05) is 18.5 Å². The lowest BCUT2D eigenvalue weighted by atomic mass is 9.87. The molecule has 0 atom stereocenters. The Morgan fingerprint density at radius 1 is 0.972 bits per heavy atom. The van der Waals surface area contributed by atoms with Crippen LogP contribution in [0.25, 0.3) is 10.9 Å². The van der Waals surface area contributed by atoms with Gasteiger partial charge in [0.15, 0.2) is 11.5 Å². The number of hydrogen-bond donors (Lipinski definition) is 1. The monoisotopic (exact) mass is 484 g/mol. The Morgan fingerprint density at radius 2 is 1.72 bits per heavy atom. The minimum absolute atomic E-state index is 0.0881. The lowest BCUT2D eigenvalue weighted by molar-refractivity contribution is 0.0942. The number of aromatic nitrogens is 1. The van der Waals surface area contributed by atoms with Gasteiger partial charge in [-0.2, -0.15) is 0 Å². The highest BCUT2D eigenvalue weighted by molar-refractivity contribution is 6.00. The standard InChI is InChI=1S/C30H32N2O4/c1-5-34-26-8-6-7-24-23(26)16-25(32(24)18-20-9-12-22(13-10-20)30(2,3)4)29(33)31-17-21-11-14-27-28(15-21)36-19-35-27/h6-16H,5,17-19H2,1-4H3,(H,31,33). The molecule has 5 rings (SSSR count). The summed E-state index contributed by atoms with van der Waals surface area (Å²) in [5.74, 6) is 2.07. The number of hydrogen-bond acceptors (Lipinski definition) is 4. The highest BCUT2D eigenvalue weighted by atomic mass is 16.7. The van der Waals surface area contributed by atoms with Crippen LogP contribution < -0.4 is 19.5 Å². The first-order valence-corrected chi connectivity index (χ1v) is 12.3. The molecule has 0 unspecified atom stereocenters. The van der Waals surface area contributed by atoms with Crippen molar-refractivity contribution in [3.05, 3.63) is 89.1 Å². The Morgan fingerprint density at radius 3 is 2.47 bits per heavy atom. The van der Waals surface area contributed by atoms with E-state index in [9.17, 15) is 4.79 Å². The van der Waals surface area contributed by atoms with E-state index in [0.29, 0.717) is 31.1 Å². The number of nitrogens with zero attached hydrogens (tertiary/aromatic N) is 1. The van der Waals surface area contributed by atoms with Crippen molar-refractivity contribution in [3.63, 3.8) is 0 Å². The van der Waals surface area contributed by atoms with Gasteiger partial charge in [-0.05, 0) is 59.4 Å². The maximum Gasteiger partial charge on any atom is 0.268 e. The molecular formula is C30H32N2O4. The zero-order valence-electron chi connectivity index (χ0n) is 21.3. The van der Waals surface area contributed by atoms with Crippen molar-refractivity contribution in [1.82, 2.24) is 9.88 Å². The first-order chi connectivity index (χ1) is 17.3. The smallest absolute Gasteiger partial charge is 0.268 e. The molecule has 0 spiro atoms. The summed E-state index contributed by atoms with van der Waals surface area (Å²) < 4.78 is 18.8. The molecule has 1 aliphatic rings. The zero-order valence-corrected chi connectivity index (χ0v) is 21.3. The number of benzene rings is 3. The van der Waals surface area contributed by atoms with E-state index in [-0.39, 0.29) is 18.1 Å². The number of carbonyl (C=O) groups excluding carboxylic acids is 1. The van der Waals surface area contributed by atoms with Gasteiger partial charge in [-0.25, -0.2) is 0 Å². The van der Waals surface area contributed by atoms with Crippen molar-refractivity contribution < 1.29 is 19.0 Å². The second-order valence-corrected chi connectivity index (χ2v) is 10.1. The maximum atomic E-state index is 13.5. The Hall–Kier alpha value is -3.93. The molecule has 1 aliphatic heterocycles. The first kappa shape index (κ1) is 23.8. The molecule has 0 saturated heterocycles. The molecule has 0 bridgehead atoms. The fourth-order valence-electron chi connectivity index (χ4n) is 4.51. The summed E-state index contributed by atoms with van der Waals surface area (Å²) in [6, 6.07) is 22.2. The lowest BCUT2D eigenvalue weighted by Crippen LogP contribution is -2.25.